The molecule has 0 aromatic heterocycles. The Hall–Kier alpha value is -2.02. The second kappa shape index (κ2) is 7.50. The predicted molar refractivity (Wildman–Crippen MR) is 90.5 cm³/mol. The Bertz CT molecular complexity index is 685. The largest absolute Gasteiger partial charge is 0.489 e. The van der Waals surface area contributed by atoms with E-state index in [0.717, 1.165) is 5.57 Å². The number of hydrogen-bond acceptors (Lipinski definition) is 4. The highest BCUT2D eigenvalue weighted by Crippen LogP contribution is 2.19. The highest BCUT2D eigenvalue weighted by molar-refractivity contribution is 7.91. The summed E-state index contributed by atoms with van der Waals surface area (Å²) in [6.45, 7) is 6.42. The molecule has 1 heterocycles. The van der Waals surface area contributed by atoms with Crippen LogP contribution in [0.4, 0.5) is 10.5 Å². The molecule has 1 fully saturated rings. The summed E-state index contributed by atoms with van der Waals surface area (Å²) in [5, 5.41) is 5.42. The Kier molecular flexibility index (Phi) is 5.65. The standard InChI is InChI=1S/C16H22N2O4S/c1-12(2)10-22-15-5-3-4-14(8-15)18-16(19)17-9-13-6-7-23(20,21)11-13/h3-5,8,13H,1,6-7,9-11H2,2H3,(H2,17,18,19)/t13-/m0/s1. The average molecular weight is 338 g/mol. The van der Waals surface area contributed by atoms with Gasteiger partial charge in [-0.2, -0.15) is 0 Å². The molecule has 126 valence electrons. The van der Waals surface area contributed by atoms with E-state index in [1.54, 1.807) is 24.3 Å². The molecular formula is C16H22N2O4S. The molecule has 1 aliphatic heterocycles. The maximum absolute atomic E-state index is 11.9. The number of ether oxygens (including phenoxy) is 1. The number of rotatable bonds is 6. The maximum Gasteiger partial charge on any atom is 0.319 e. The molecule has 7 heteroatoms. The number of urea groups is 1. The van der Waals surface area contributed by atoms with Crippen molar-refractivity contribution in [2.24, 2.45) is 5.92 Å². The fourth-order valence-electron chi connectivity index (χ4n) is 2.32. The number of hydrogen-bond donors (Lipinski definition) is 2. The van der Waals surface area contributed by atoms with Gasteiger partial charge in [-0.25, -0.2) is 13.2 Å². The third kappa shape index (κ3) is 5.94. The summed E-state index contributed by atoms with van der Waals surface area (Å²) in [7, 11) is -2.92. The zero-order valence-corrected chi connectivity index (χ0v) is 14.0. The summed E-state index contributed by atoms with van der Waals surface area (Å²) in [5.74, 6) is 1.00. The van der Waals surface area contributed by atoms with E-state index in [2.05, 4.69) is 17.2 Å². The smallest absolute Gasteiger partial charge is 0.319 e. The van der Waals surface area contributed by atoms with Crippen molar-refractivity contribution in [3.63, 3.8) is 0 Å². The van der Waals surface area contributed by atoms with Crippen LogP contribution in [0.1, 0.15) is 13.3 Å². The lowest BCUT2D eigenvalue weighted by Crippen LogP contribution is -2.33. The van der Waals surface area contributed by atoms with Crippen molar-refractivity contribution in [3.8, 4) is 5.75 Å². The van der Waals surface area contributed by atoms with Gasteiger partial charge in [-0.3, -0.25) is 0 Å². The van der Waals surface area contributed by atoms with Gasteiger partial charge in [0.1, 0.15) is 12.4 Å². The molecule has 2 N–H and O–H groups in total. The maximum atomic E-state index is 11.9. The summed E-state index contributed by atoms with van der Waals surface area (Å²) < 4.78 is 28.3. The van der Waals surface area contributed by atoms with Crippen LogP contribution in [0.3, 0.4) is 0 Å². The van der Waals surface area contributed by atoms with Crippen LogP contribution in [-0.4, -0.2) is 39.1 Å². The van der Waals surface area contributed by atoms with Crippen LogP contribution in [0.25, 0.3) is 0 Å². The Morgan fingerprint density at radius 2 is 2.22 bits per heavy atom. The van der Waals surface area contributed by atoms with E-state index < -0.39 is 9.84 Å². The van der Waals surface area contributed by atoms with Gasteiger partial charge >= 0.3 is 6.03 Å². The third-order valence-electron chi connectivity index (χ3n) is 3.46. The van der Waals surface area contributed by atoms with Gasteiger partial charge in [-0.1, -0.05) is 12.6 Å². The van der Waals surface area contributed by atoms with Crippen LogP contribution < -0.4 is 15.4 Å². The Morgan fingerprint density at radius 3 is 2.87 bits per heavy atom. The highest BCUT2D eigenvalue weighted by atomic mass is 32.2. The normalized spacial score (nSPS) is 19.1. The molecule has 1 atom stereocenters. The van der Waals surface area contributed by atoms with Gasteiger partial charge in [-0.05, 0) is 37.0 Å². The summed E-state index contributed by atoms with van der Waals surface area (Å²) in [4.78, 5) is 11.9. The van der Waals surface area contributed by atoms with E-state index >= 15 is 0 Å². The molecule has 0 aliphatic carbocycles. The summed E-state index contributed by atoms with van der Waals surface area (Å²) >= 11 is 0. The number of carbonyl (C=O) groups is 1. The Balaban J connectivity index is 1.81. The lowest BCUT2D eigenvalue weighted by molar-refractivity contribution is 0.250. The van der Waals surface area contributed by atoms with E-state index in [9.17, 15) is 13.2 Å². The van der Waals surface area contributed by atoms with E-state index in [1.807, 2.05) is 6.92 Å². The molecule has 1 aromatic rings. The minimum absolute atomic E-state index is 0.00372. The zero-order valence-electron chi connectivity index (χ0n) is 13.2. The lowest BCUT2D eigenvalue weighted by atomic mass is 10.1. The molecule has 0 bridgehead atoms. The van der Waals surface area contributed by atoms with E-state index in [4.69, 9.17) is 4.74 Å². The molecule has 2 rings (SSSR count). The van der Waals surface area contributed by atoms with E-state index in [-0.39, 0.29) is 23.5 Å². The van der Waals surface area contributed by atoms with Crippen molar-refractivity contribution >= 4 is 21.6 Å². The first kappa shape index (κ1) is 17.3. The van der Waals surface area contributed by atoms with Crippen molar-refractivity contribution in [2.75, 3.05) is 30.0 Å². The first-order valence-corrected chi connectivity index (χ1v) is 9.29. The first-order chi connectivity index (χ1) is 10.8. The van der Waals surface area contributed by atoms with Crippen molar-refractivity contribution in [1.29, 1.82) is 0 Å². The number of sulfone groups is 1. The Morgan fingerprint density at radius 1 is 1.43 bits per heavy atom. The molecule has 1 aromatic carbocycles. The molecular weight excluding hydrogens is 316 g/mol. The number of amides is 2. The second-order valence-corrected chi connectivity index (χ2v) is 8.11. The van der Waals surface area contributed by atoms with Crippen LogP contribution in [0.2, 0.25) is 0 Å². The molecule has 1 aliphatic rings. The molecule has 23 heavy (non-hydrogen) atoms. The number of benzene rings is 1. The third-order valence-corrected chi connectivity index (χ3v) is 5.29. The zero-order chi connectivity index (χ0) is 16.9. The van der Waals surface area contributed by atoms with Gasteiger partial charge in [0.25, 0.3) is 0 Å². The first-order valence-electron chi connectivity index (χ1n) is 7.46. The molecule has 6 nitrogen and oxygen atoms in total. The molecule has 0 radical (unpaired) electrons. The van der Waals surface area contributed by atoms with Gasteiger partial charge in [0.15, 0.2) is 9.84 Å². The molecule has 2 amide bonds. The number of anilines is 1. The molecule has 0 spiro atoms. The summed E-state index contributed by atoms with van der Waals surface area (Å²) in [5.41, 5.74) is 1.52. The van der Waals surface area contributed by atoms with Crippen molar-refractivity contribution in [3.05, 3.63) is 36.4 Å². The minimum atomic E-state index is -2.92. The van der Waals surface area contributed by atoms with Gasteiger partial charge in [-0.15, -0.1) is 0 Å². The second-order valence-electron chi connectivity index (χ2n) is 5.88. The lowest BCUT2D eigenvalue weighted by Gasteiger charge is -2.12. The van der Waals surface area contributed by atoms with Crippen molar-refractivity contribution in [1.82, 2.24) is 5.32 Å². The van der Waals surface area contributed by atoms with E-state index in [1.165, 1.54) is 0 Å². The quantitative estimate of drug-likeness (QED) is 0.779. The van der Waals surface area contributed by atoms with E-state index in [0.29, 0.717) is 31.0 Å². The number of carbonyl (C=O) groups excluding carboxylic acids is 1. The monoisotopic (exact) mass is 338 g/mol. The SMILES string of the molecule is C=C(C)COc1cccc(NC(=O)NC[C@@H]2CCS(=O)(=O)C2)c1. The van der Waals surface area contributed by atoms with Crippen molar-refractivity contribution in [2.45, 2.75) is 13.3 Å². The van der Waals surface area contributed by atoms with Crippen LogP contribution >= 0.6 is 0 Å². The fourth-order valence-corrected chi connectivity index (χ4v) is 4.18. The predicted octanol–water partition coefficient (Wildman–Crippen LogP) is 2.20. The fraction of sp³-hybridized carbons (Fsp3) is 0.438. The highest BCUT2D eigenvalue weighted by Gasteiger charge is 2.27. The molecule has 0 unspecified atom stereocenters. The Labute approximate surface area is 136 Å². The van der Waals surface area contributed by atoms with Crippen LogP contribution in [-0.2, 0) is 9.84 Å². The minimum Gasteiger partial charge on any atom is -0.489 e. The van der Waals surface area contributed by atoms with Crippen LogP contribution in [0.15, 0.2) is 36.4 Å². The molecule has 1 saturated heterocycles. The van der Waals surface area contributed by atoms with Gasteiger partial charge in [0, 0.05) is 18.3 Å². The van der Waals surface area contributed by atoms with Crippen LogP contribution in [0, 0.1) is 5.92 Å². The topological polar surface area (TPSA) is 84.5 Å². The van der Waals surface area contributed by atoms with Crippen LogP contribution in [0.5, 0.6) is 5.75 Å². The summed E-state index contributed by atoms with van der Waals surface area (Å²) in [6.07, 6.45) is 0.604. The van der Waals surface area contributed by atoms with Crippen molar-refractivity contribution < 1.29 is 17.9 Å². The van der Waals surface area contributed by atoms with Gasteiger partial charge in [0.05, 0.1) is 11.5 Å². The number of nitrogens with one attached hydrogen (secondary N) is 2. The average Bonchev–Trinajstić information content (AvgIpc) is 2.83. The van der Waals surface area contributed by atoms with Gasteiger partial charge < -0.3 is 15.4 Å². The van der Waals surface area contributed by atoms with Gasteiger partial charge in [0.2, 0.25) is 0 Å². The molecule has 0 saturated carbocycles. The summed E-state index contributed by atoms with van der Waals surface area (Å²) in [6, 6.07) is 6.71.